The summed E-state index contributed by atoms with van der Waals surface area (Å²) in [6.45, 7) is 0. The van der Waals surface area contributed by atoms with E-state index >= 15 is 0 Å². The van der Waals surface area contributed by atoms with E-state index in [1.807, 2.05) is 23.7 Å². The molecular weight excluding hydrogens is 214 g/mol. The lowest BCUT2D eigenvalue weighted by molar-refractivity contribution is 0.955. The molecule has 0 bridgehead atoms. The van der Waals surface area contributed by atoms with Gasteiger partial charge in [0.25, 0.3) is 0 Å². The molecule has 17 heavy (non-hydrogen) atoms. The van der Waals surface area contributed by atoms with E-state index in [9.17, 15) is 0 Å². The van der Waals surface area contributed by atoms with Crippen LogP contribution >= 0.6 is 0 Å². The fraction of sp³-hybridized carbons (Fsp3) is 0.0833. The van der Waals surface area contributed by atoms with Gasteiger partial charge in [-0.25, -0.2) is 4.98 Å². The van der Waals surface area contributed by atoms with E-state index in [-0.39, 0.29) is 0 Å². The smallest absolute Gasteiger partial charge is 0.142 e. The second-order valence-electron chi connectivity index (χ2n) is 3.87. The SMILES string of the molecule is Cn1c(-c2cncc(N)c2)nc2ccncc21. The van der Waals surface area contributed by atoms with E-state index in [1.165, 1.54) is 0 Å². The first-order valence-electron chi connectivity index (χ1n) is 5.23. The molecule has 0 aromatic carbocycles. The maximum Gasteiger partial charge on any atom is 0.142 e. The van der Waals surface area contributed by atoms with E-state index in [1.54, 1.807) is 24.8 Å². The van der Waals surface area contributed by atoms with E-state index in [4.69, 9.17) is 5.73 Å². The Morgan fingerprint density at radius 2 is 2.06 bits per heavy atom. The van der Waals surface area contributed by atoms with Crippen LogP contribution in [0.15, 0.2) is 36.9 Å². The predicted octanol–water partition coefficient (Wildman–Crippen LogP) is 1.61. The summed E-state index contributed by atoms with van der Waals surface area (Å²) in [6, 6.07) is 3.75. The van der Waals surface area contributed by atoms with Crippen LogP contribution in [0.1, 0.15) is 0 Å². The number of hydrogen-bond acceptors (Lipinski definition) is 4. The number of aromatic nitrogens is 4. The van der Waals surface area contributed by atoms with Gasteiger partial charge in [-0.3, -0.25) is 9.97 Å². The van der Waals surface area contributed by atoms with Gasteiger partial charge in [0.05, 0.1) is 22.9 Å². The van der Waals surface area contributed by atoms with Gasteiger partial charge in [0.1, 0.15) is 5.82 Å². The van der Waals surface area contributed by atoms with Gasteiger partial charge in [0.15, 0.2) is 0 Å². The molecule has 84 valence electrons. The lowest BCUT2D eigenvalue weighted by atomic mass is 10.2. The molecule has 0 aliphatic rings. The van der Waals surface area contributed by atoms with Crippen LogP contribution in [0.2, 0.25) is 0 Å². The van der Waals surface area contributed by atoms with Crippen molar-refractivity contribution in [2.24, 2.45) is 7.05 Å². The van der Waals surface area contributed by atoms with Crippen molar-refractivity contribution in [2.45, 2.75) is 0 Å². The zero-order chi connectivity index (χ0) is 11.8. The molecule has 0 atom stereocenters. The third kappa shape index (κ3) is 1.52. The third-order valence-electron chi connectivity index (χ3n) is 2.70. The summed E-state index contributed by atoms with van der Waals surface area (Å²) >= 11 is 0. The standard InChI is InChI=1S/C12H11N5/c1-17-11-7-14-3-2-10(11)16-12(17)8-4-9(13)6-15-5-8/h2-7H,13H2,1H3. The molecule has 3 rings (SSSR count). The number of anilines is 1. The summed E-state index contributed by atoms with van der Waals surface area (Å²) in [7, 11) is 1.95. The molecular formula is C12H11N5. The van der Waals surface area contributed by atoms with Crippen molar-refractivity contribution in [3.05, 3.63) is 36.9 Å². The quantitative estimate of drug-likeness (QED) is 0.683. The summed E-state index contributed by atoms with van der Waals surface area (Å²) in [4.78, 5) is 12.7. The summed E-state index contributed by atoms with van der Waals surface area (Å²) in [6.07, 6.45) is 6.90. The average Bonchev–Trinajstić information content (AvgIpc) is 2.68. The predicted molar refractivity (Wildman–Crippen MR) is 66.2 cm³/mol. The van der Waals surface area contributed by atoms with Gasteiger partial charge in [-0.2, -0.15) is 0 Å². The number of hydrogen-bond donors (Lipinski definition) is 1. The number of nitrogens with two attached hydrogens (primary N) is 1. The van der Waals surface area contributed by atoms with E-state index in [0.29, 0.717) is 5.69 Å². The Labute approximate surface area is 98.0 Å². The number of rotatable bonds is 1. The fourth-order valence-electron chi connectivity index (χ4n) is 1.87. The molecule has 3 heterocycles. The molecule has 0 saturated carbocycles. The Hall–Kier alpha value is -2.43. The molecule has 2 N–H and O–H groups in total. The highest BCUT2D eigenvalue weighted by molar-refractivity contribution is 5.79. The monoisotopic (exact) mass is 225 g/mol. The Morgan fingerprint density at radius 3 is 2.82 bits per heavy atom. The molecule has 3 aromatic heterocycles. The Kier molecular flexibility index (Phi) is 2.04. The Balaban J connectivity index is 2.27. The topological polar surface area (TPSA) is 69.6 Å². The summed E-state index contributed by atoms with van der Waals surface area (Å²) in [5, 5.41) is 0. The van der Waals surface area contributed by atoms with Gasteiger partial charge in [-0.1, -0.05) is 0 Å². The second-order valence-corrected chi connectivity index (χ2v) is 3.87. The summed E-state index contributed by atoms with van der Waals surface area (Å²) in [5.74, 6) is 0.841. The Morgan fingerprint density at radius 1 is 1.18 bits per heavy atom. The second kappa shape index (κ2) is 3.55. The Bertz CT molecular complexity index is 686. The molecule has 3 aromatic rings. The zero-order valence-electron chi connectivity index (χ0n) is 9.33. The molecule has 0 aliphatic carbocycles. The highest BCUT2D eigenvalue weighted by atomic mass is 15.1. The number of pyridine rings is 2. The van der Waals surface area contributed by atoms with Crippen molar-refractivity contribution < 1.29 is 0 Å². The molecule has 0 fully saturated rings. The van der Waals surface area contributed by atoms with Crippen molar-refractivity contribution >= 4 is 16.7 Å². The van der Waals surface area contributed by atoms with Crippen molar-refractivity contribution in [1.82, 2.24) is 19.5 Å². The first-order chi connectivity index (χ1) is 8.25. The first-order valence-corrected chi connectivity index (χ1v) is 5.23. The molecule has 5 heteroatoms. The molecule has 0 radical (unpaired) electrons. The van der Waals surface area contributed by atoms with Crippen LogP contribution in [0.25, 0.3) is 22.4 Å². The summed E-state index contributed by atoms with van der Waals surface area (Å²) < 4.78 is 1.98. The van der Waals surface area contributed by atoms with Crippen molar-refractivity contribution in [3.8, 4) is 11.4 Å². The lowest BCUT2D eigenvalue weighted by Gasteiger charge is -2.02. The van der Waals surface area contributed by atoms with Crippen molar-refractivity contribution in [3.63, 3.8) is 0 Å². The molecule has 0 amide bonds. The maximum absolute atomic E-state index is 5.73. The summed E-state index contributed by atoms with van der Waals surface area (Å²) in [5.41, 5.74) is 9.17. The largest absolute Gasteiger partial charge is 0.397 e. The number of fused-ring (bicyclic) bond motifs is 1. The normalized spacial score (nSPS) is 10.9. The van der Waals surface area contributed by atoms with Crippen molar-refractivity contribution in [1.29, 1.82) is 0 Å². The highest BCUT2D eigenvalue weighted by Crippen LogP contribution is 2.23. The number of nitrogen functional groups attached to an aromatic ring is 1. The minimum Gasteiger partial charge on any atom is -0.397 e. The molecule has 0 aliphatic heterocycles. The highest BCUT2D eigenvalue weighted by Gasteiger charge is 2.09. The van der Waals surface area contributed by atoms with Gasteiger partial charge >= 0.3 is 0 Å². The number of imidazole rings is 1. The van der Waals surface area contributed by atoms with Gasteiger partial charge in [0, 0.05) is 31.2 Å². The fourth-order valence-corrected chi connectivity index (χ4v) is 1.87. The first kappa shape index (κ1) is 9.77. The van der Waals surface area contributed by atoms with Gasteiger partial charge < -0.3 is 10.3 Å². The van der Waals surface area contributed by atoms with E-state index in [2.05, 4.69) is 15.0 Å². The van der Waals surface area contributed by atoms with Gasteiger partial charge in [0.2, 0.25) is 0 Å². The van der Waals surface area contributed by atoms with Gasteiger partial charge in [-0.15, -0.1) is 0 Å². The van der Waals surface area contributed by atoms with Crippen LogP contribution in [0.4, 0.5) is 5.69 Å². The van der Waals surface area contributed by atoms with Crippen LogP contribution < -0.4 is 5.73 Å². The van der Waals surface area contributed by atoms with Crippen LogP contribution in [0.5, 0.6) is 0 Å². The average molecular weight is 225 g/mol. The molecule has 0 unspecified atom stereocenters. The minimum absolute atomic E-state index is 0.632. The third-order valence-corrected chi connectivity index (χ3v) is 2.70. The van der Waals surface area contributed by atoms with Crippen LogP contribution in [-0.2, 0) is 7.05 Å². The van der Waals surface area contributed by atoms with Gasteiger partial charge in [-0.05, 0) is 12.1 Å². The zero-order valence-corrected chi connectivity index (χ0v) is 9.33. The molecule has 0 spiro atoms. The lowest BCUT2D eigenvalue weighted by Crippen LogP contribution is -1.94. The van der Waals surface area contributed by atoms with Crippen molar-refractivity contribution in [2.75, 3.05) is 5.73 Å². The number of aryl methyl sites for hydroxylation is 1. The van der Waals surface area contributed by atoms with Crippen LogP contribution in [0, 0.1) is 0 Å². The maximum atomic E-state index is 5.73. The van der Waals surface area contributed by atoms with Crippen LogP contribution in [0.3, 0.4) is 0 Å². The number of nitrogens with zero attached hydrogens (tertiary/aromatic N) is 4. The molecule has 5 nitrogen and oxygen atoms in total. The molecule has 0 saturated heterocycles. The minimum atomic E-state index is 0.632. The van der Waals surface area contributed by atoms with E-state index in [0.717, 1.165) is 22.4 Å². The van der Waals surface area contributed by atoms with E-state index < -0.39 is 0 Å². The van der Waals surface area contributed by atoms with Crippen LogP contribution in [-0.4, -0.2) is 19.5 Å².